The fourth-order valence-corrected chi connectivity index (χ4v) is 1.27. The van der Waals surface area contributed by atoms with E-state index < -0.39 is 0 Å². The number of carbonyl (C=O) groups is 1. The average molecular weight is 289 g/mol. The third-order valence-electron chi connectivity index (χ3n) is 2.39. The fourth-order valence-electron chi connectivity index (χ4n) is 1.27. The van der Waals surface area contributed by atoms with Crippen LogP contribution in [0.2, 0.25) is 0 Å². The summed E-state index contributed by atoms with van der Waals surface area (Å²) in [7, 11) is 1.54. The number of hydrogen-bond donors (Lipinski definition) is 1. The van der Waals surface area contributed by atoms with Crippen molar-refractivity contribution in [3.8, 4) is 0 Å². The summed E-state index contributed by atoms with van der Waals surface area (Å²) in [6, 6.07) is 9.10. The number of hydrogen-bond acceptors (Lipinski definition) is 6. The van der Waals surface area contributed by atoms with Gasteiger partial charge in [-0.2, -0.15) is 0 Å². The second-order valence-corrected chi connectivity index (χ2v) is 3.95. The predicted octanol–water partition coefficient (Wildman–Crippen LogP) is 2.49. The van der Waals surface area contributed by atoms with Crippen molar-refractivity contribution in [3.63, 3.8) is 0 Å². The van der Waals surface area contributed by atoms with E-state index in [-0.39, 0.29) is 6.79 Å². The van der Waals surface area contributed by atoms with Crippen LogP contribution in [0, 0.1) is 0 Å². The molecule has 21 heavy (non-hydrogen) atoms. The summed E-state index contributed by atoms with van der Waals surface area (Å²) in [4.78, 5) is 22.9. The van der Waals surface area contributed by atoms with Gasteiger partial charge in [-0.15, -0.1) is 0 Å². The third kappa shape index (κ3) is 7.14. The van der Waals surface area contributed by atoms with Gasteiger partial charge in [-0.1, -0.05) is 37.3 Å². The van der Waals surface area contributed by atoms with Crippen molar-refractivity contribution >= 4 is 12.2 Å². The Hall–Kier alpha value is -2.31. The van der Waals surface area contributed by atoms with E-state index in [1.54, 1.807) is 31.6 Å². The van der Waals surface area contributed by atoms with Crippen molar-refractivity contribution in [1.82, 2.24) is 9.97 Å². The molecule has 0 saturated carbocycles. The number of aldehydes is 1. The first-order valence-electron chi connectivity index (χ1n) is 6.48. The zero-order valence-electron chi connectivity index (χ0n) is 12.2. The molecule has 0 radical (unpaired) electrons. The van der Waals surface area contributed by atoms with E-state index in [2.05, 4.69) is 20.2 Å². The standard InChI is InChI=1S/C8H13N3O2.C7H6O/c1-3-7-4-9-8(10-5-7)11-13-6-12-2;8-6-7-4-2-1-3-5-7/h4-5H,3,6H2,1-2H3,(H,9,10,11);1-6H. The summed E-state index contributed by atoms with van der Waals surface area (Å²) in [5, 5.41) is 0. The molecule has 0 fully saturated rings. The molecule has 1 aromatic carbocycles. The van der Waals surface area contributed by atoms with Gasteiger partial charge >= 0.3 is 0 Å². The Morgan fingerprint density at radius 2 is 1.86 bits per heavy atom. The lowest BCUT2D eigenvalue weighted by atomic mass is 10.2. The number of carbonyl (C=O) groups excluding carboxylic acids is 1. The molecular weight excluding hydrogens is 270 g/mol. The number of ether oxygens (including phenoxy) is 1. The van der Waals surface area contributed by atoms with Crippen LogP contribution in [0.15, 0.2) is 42.7 Å². The molecule has 0 spiro atoms. The quantitative estimate of drug-likeness (QED) is 0.381. The maximum absolute atomic E-state index is 10.0. The average Bonchev–Trinajstić information content (AvgIpc) is 2.57. The third-order valence-corrected chi connectivity index (χ3v) is 2.39. The monoisotopic (exact) mass is 289 g/mol. The molecule has 6 nitrogen and oxygen atoms in total. The van der Waals surface area contributed by atoms with Gasteiger partial charge < -0.3 is 4.74 Å². The molecule has 0 aliphatic carbocycles. The summed E-state index contributed by atoms with van der Waals surface area (Å²) < 4.78 is 4.67. The highest BCUT2D eigenvalue weighted by Crippen LogP contribution is 2.00. The number of benzene rings is 1. The summed E-state index contributed by atoms with van der Waals surface area (Å²) in [5.74, 6) is 0.439. The molecule has 6 heteroatoms. The lowest BCUT2D eigenvalue weighted by molar-refractivity contribution is -0.00495. The van der Waals surface area contributed by atoms with Gasteiger partial charge in [0.1, 0.15) is 6.29 Å². The SMILES string of the molecule is CCc1cnc(NOCOC)nc1.O=Cc1ccccc1. The Morgan fingerprint density at radius 3 is 2.33 bits per heavy atom. The van der Waals surface area contributed by atoms with Crippen molar-refractivity contribution in [3.05, 3.63) is 53.9 Å². The number of aryl methyl sites for hydroxylation is 1. The number of nitrogens with zero attached hydrogens (tertiary/aromatic N) is 2. The highest BCUT2D eigenvalue weighted by Gasteiger charge is 1.94. The van der Waals surface area contributed by atoms with E-state index >= 15 is 0 Å². The molecule has 1 heterocycles. The lowest BCUT2D eigenvalue weighted by Gasteiger charge is -2.03. The van der Waals surface area contributed by atoms with Crippen LogP contribution < -0.4 is 5.48 Å². The normalized spacial score (nSPS) is 9.43. The van der Waals surface area contributed by atoms with Crippen LogP contribution in [-0.2, 0) is 16.0 Å². The molecule has 0 saturated heterocycles. The molecule has 112 valence electrons. The van der Waals surface area contributed by atoms with Crippen LogP contribution in [0.5, 0.6) is 0 Å². The van der Waals surface area contributed by atoms with E-state index in [9.17, 15) is 4.79 Å². The summed E-state index contributed by atoms with van der Waals surface area (Å²) in [6.45, 7) is 2.21. The molecule has 0 atom stereocenters. The predicted molar refractivity (Wildman–Crippen MR) is 79.8 cm³/mol. The van der Waals surface area contributed by atoms with Gasteiger partial charge in [0.2, 0.25) is 5.95 Å². The van der Waals surface area contributed by atoms with Crippen molar-refractivity contribution in [2.24, 2.45) is 0 Å². The van der Waals surface area contributed by atoms with Gasteiger partial charge in [0.25, 0.3) is 0 Å². The first-order chi connectivity index (χ1) is 10.3. The molecule has 0 bridgehead atoms. The van der Waals surface area contributed by atoms with Crippen LogP contribution >= 0.6 is 0 Å². The molecule has 0 aliphatic heterocycles. The topological polar surface area (TPSA) is 73.3 Å². The minimum atomic E-state index is 0.166. The molecule has 1 aromatic heterocycles. The second kappa shape index (κ2) is 10.5. The van der Waals surface area contributed by atoms with Crippen LogP contribution in [0.25, 0.3) is 0 Å². The molecule has 2 rings (SSSR count). The fraction of sp³-hybridized carbons (Fsp3) is 0.267. The number of anilines is 1. The first kappa shape index (κ1) is 16.7. The van der Waals surface area contributed by atoms with E-state index in [1.165, 1.54) is 0 Å². The Bertz CT molecular complexity index is 503. The Morgan fingerprint density at radius 1 is 1.19 bits per heavy atom. The minimum Gasteiger partial charge on any atom is -0.356 e. The molecule has 0 amide bonds. The van der Waals surface area contributed by atoms with Crippen molar-refractivity contribution in [2.75, 3.05) is 19.4 Å². The van der Waals surface area contributed by atoms with E-state index in [0.717, 1.165) is 23.8 Å². The number of rotatable bonds is 6. The minimum absolute atomic E-state index is 0.166. The summed E-state index contributed by atoms with van der Waals surface area (Å²) >= 11 is 0. The van der Waals surface area contributed by atoms with E-state index in [0.29, 0.717) is 5.95 Å². The van der Waals surface area contributed by atoms with Gasteiger partial charge in [-0.25, -0.2) is 20.3 Å². The van der Waals surface area contributed by atoms with Gasteiger partial charge in [0.15, 0.2) is 6.79 Å². The van der Waals surface area contributed by atoms with Gasteiger partial charge in [-0.3, -0.25) is 4.79 Å². The molecule has 0 aliphatic rings. The van der Waals surface area contributed by atoms with Gasteiger partial charge in [-0.05, 0) is 12.0 Å². The van der Waals surface area contributed by atoms with Crippen molar-refractivity contribution in [1.29, 1.82) is 0 Å². The zero-order valence-corrected chi connectivity index (χ0v) is 12.2. The maximum Gasteiger partial charge on any atom is 0.247 e. The highest BCUT2D eigenvalue weighted by molar-refractivity contribution is 5.74. The van der Waals surface area contributed by atoms with E-state index in [1.807, 2.05) is 25.1 Å². The smallest absolute Gasteiger partial charge is 0.247 e. The van der Waals surface area contributed by atoms with Crippen LogP contribution in [-0.4, -0.2) is 30.2 Å². The van der Waals surface area contributed by atoms with E-state index in [4.69, 9.17) is 4.84 Å². The number of aromatic nitrogens is 2. The van der Waals surface area contributed by atoms with Crippen molar-refractivity contribution < 1.29 is 14.4 Å². The Labute approximate surface area is 124 Å². The Kier molecular flexibility index (Phi) is 8.35. The molecular formula is C15H19N3O3. The summed E-state index contributed by atoms with van der Waals surface area (Å²) in [5.41, 5.74) is 4.37. The van der Waals surface area contributed by atoms with Gasteiger partial charge in [0, 0.05) is 25.1 Å². The van der Waals surface area contributed by atoms with Crippen molar-refractivity contribution in [2.45, 2.75) is 13.3 Å². The summed E-state index contributed by atoms with van der Waals surface area (Å²) in [6.07, 6.45) is 5.27. The zero-order chi connectivity index (χ0) is 15.3. The van der Waals surface area contributed by atoms with Gasteiger partial charge in [0.05, 0.1) is 0 Å². The first-order valence-corrected chi connectivity index (χ1v) is 6.48. The molecule has 2 aromatic rings. The molecule has 0 unspecified atom stereocenters. The molecule has 1 N–H and O–H groups in total. The van der Waals surface area contributed by atoms with Crippen LogP contribution in [0.3, 0.4) is 0 Å². The van der Waals surface area contributed by atoms with Crippen LogP contribution in [0.4, 0.5) is 5.95 Å². The highest BCUT2D eigenvalue weighted by atomic mass is 16.7. The lowest BCUT2D eigenvalue weighted by Crippen LogP contribution is -2.07. The number of methoxy groups -OCH3 is 1. The number of nitrogens with one attached hydrogen (secondary N) is 1. The van der Waals surface area contributed by atoms with Crippen LogP contribution in [0.1, 0.15) is 22.8 Å². The largest absolute Gasteiger partial charge is 0.356 e. The second-order valence-electron chi connectivity index (χ2n) is 3.95. The maximum atomic E-state index is 10.0. The Balaban J connectivity index is 0.000000235.